The molecule has 4 heteroatoms. The summed E-state index contributed by atoms with van der Waals surface area (Å²) in [6.07, 6.45) is 5.49. The fraction of sp³-hybridized carbons (Fsp3) is 0.273. The third-order valence-corrected chi connectivity index (χ3v) is 4.29. The zero-order valence-corrected chi connectivity index (χ0v) is 15.3. The van der Waals surface area contributed by atoms with E-state index < -0.39 is 0 Å². The van der Waals surface area contributed by atoms with Crippen LogP contribution < -0.4 is 5.32 Å². The Bertz CT molecular complexity index is 849. The van der Waals surface area contributed by atoms with Gasteiger partial charge in [-0.1, -0.05) is 49.7 Å². The molecule has 1 aromatic heterocycles. The average molecular weight is 348 g/mol. The van der Waals surface area contributed by atoms with Gasteiger partial charge in [0.25, 0.3) is 0 Å². The van der Waals surface area contributed by atoms with E-state index in [1.807, 2.05) is 43.3 Å². The van der Waals surface area contributed by atoms with Gasteiger partial charge in [0.15, 0.2) is 5.89 Å². The van der Waals surface area contributed by atoms with Crippen LogP contribution in [0.25, 0.3) is 11.3 Å². The summed E-state index contributed by atoms with van der Waals surface area (Å²) in [7, 11) is 0. The van der Waals surface area contributed by atoms with Gasteiger partial charge in [-0.05, 0) is 36.1 Å². The number of benzene rings is 2. The number of aromatic nitrogens is 1. The van der Waals surface area contributed by atoms with Gasteiger partial charge in [-0.15, -0.1) is 0 Å². The normalized spacial score (nSPS) is 10.7. The van der Waals surface area contributed by atoms with Gasteiger partial charge in [-0.2, -0.15) is 0 Å². The van der Waals surface area contributed by atoms with E-state index in [0.29, 0.717) is 12.3 Å². The number of hydrogen-bond donors (Lipinski definition) is 1. The molecule has 1 amide bonds. The second-order valence-corrected chi connectivity index (χ2v) is 6.47. The van der Waals surface area contributed by atoms with Crippen LogP contribution >= 0.6 is 0 Å². The molecule has 0 aliphatic carbocycles. The highest BCUT2D eigenvalue weighted by molar-refractivity contribution is 5.92. The highest BCUT2D eigenvalue weighted by atomic mass is 16.3. The maximum absolute atomic E-state index is 12.3. The van der Waals surface area contributed by atoms with Crippen molar-refractivity contribution in [3.63, 3.8) is 0 Å². The first-order valence-electron chi connectivity index (χ1n) is 9.04. The summed E-state index contributed by atoms with van der Waals surface area (Å²) < 4.78 is 5.23. The van der Waals surface area contributed by atoms with Gasteiger partial charge in [-0.25, -0.2) is 4.98 Å². The van der Waals surface area contributed by atoms with Crippen LogP contribution in [0, 0.1) is 6.92 Å². The van der Waals surface area contributed by atoms with E-state index in [1.54, 1.807) is 6.26 Å². The number of hydrogen-bond acceptors (Lipinski definition) is 3. The van der Waals surface area contributed by atoms with E-state index in [4.69, 9.17) is 4.42 Å². The monoisotopic (exact) mass is 348 g/mol. The number of carbonyl (C=O) groups is 1. The van der Waals surface area contributed by atoms with Crippen molar-refractivity contribution in [1.82, 2.24) is 4.98 Å². The molecule has 0 radical (unpaired) electrons. The SMILES string of the molecule is CCCCc1ccc(CC(=O)Nc2ccc(-c3coc(C)n3)cc2)cc1. The van der Waals surface area contributed by atoms with Crippen LogP contribution in [0.1, 0.15) is 36.8 Å². The van der Waals surface area contributed by atoms with Gasteiger partial charge < -0.3 is 9.73 Å². The van der Waals surface area contributed by atoms with Crippen molar-refractivity contribution in [3.8, 4) is 11.3 Å². The largest absolute Gasteiger partial charge is 0.449 e. The molecule has 0 aliphatic rings. The molecule has 4 nitrogen and oxygen atoms in total. The molecule has 0 saturated heterocycles. The van der Waals surface area contributed by atoms with Crippen LogP contribution in [0.15, 0.2) is 59.2 Å². The topological polar surface area (TPSA) is 55.1 Å². The Kier molecular flexibility index (Phi) is 5.84. The number of unbranched alkanes of at least 4 members (excludes halogenated alkanes) is 1. The van der Waals surface area contributed by atoms with E-state index in [1.165, 1.54) is 18.4 Å². The van der Waals surface area contributed by atoms with Crippen molar-refractivity contribution in [2.75, 3.05) is 5.32 Å². The first-order valence-corrected chi connectivity index (χ1v) is 9.04. The maximum Gasteiger partial charge on any atom is 0.228 e. The number of aryl methyl sites for hydroxylation is 2. The Balaban J connectivity index is 1.56. The minimum absolute atomic E-state index is 0.0173. The quantitative estimate of drug-likeness (QED) is 0.640. The fourth-order valence-electron chi connectivity index (χ4n) is 2.82. The molecule has 0 aliphatic heterocycles. The molecule has 26 heavy (non-hydrogen) atoms. The van der Waals surface area contributed by atoms with Gasteiger partial charge in [0.05, 0.1) is 6.42 Å². The lowest BCUT2D eigenvalue weighted by atomic mass is 10.0. The molecule has 0 bridgehead atoms. The predicted octanol–water partition coefficient (Wildman–Crippen LogP) is 5.17. The van der Waals surface area contributed by atoms with Crippen LogP contribution in [0.4, 0.5) is 5.69 Å². The van der Waals surface area contributed by atoms with Crippen LogP contribution in [-0.2, 0) is 17.6 Å². The molecule has 0 spiro atoms. The third-order valence-electron chi connectivity index (χ3n) is 4.29. The summed E-state index contributed by atoms with van der Waals surface area (Å²) in [5.41, 5.74) is 4.89. The van der Waals surface area contributed by atoms with Gasteiger partial charge in [-0.3, -0.25) is 4.79 Å². The second-order valence-electron chi connectivity index (χ2n) is 6.47. The van der Waals surface area contributed by atoms with Crippen molar-refractivity contribution in [2.45, 2.75) is 39.5 Å². The third kappa shape index (κ3) is 4.82. The molecular weight excluding hydrogens is 324 g/mol. The molecule has 1 heterocycles. The molecule has 0 saturated carbocycles. The number of amides is 1. The number of nitrogens with one attached hydrogen (secondary N) is 1. The molecular formula is C22H24N2O2. The van der Waals surface area contributed by atoms with E-state index in [9.17, 15) is 4.79 Å². The zero-order chi connectivity index (χ0) is 18.4. The Morgan fingerprint density at radius 3 is 2.35 bits per heavy atom. The van der Waals surface area contributed by atoms with Gasteiger partial charge in [0.2, 0.25) is 5.91 Å². The number of rotatable bonds is 7. The number of oxazole rings is 1. The van der Waals surface area contributed by atoms with E-state index in [2.05, 4.69) is 29.4 Å². The Morgan fingerprint density at radius 2 is 1.73 bits per heavy atom. The standard InChI is InChI=1S/C22H24N2O2/c1-3-4-5-17-6-8-18(9-7-17)14-22(25)24-20-12-10-19(11-13-20)21-15-26-16(2)23-21/h6-13,15H,3-5,14H2,1-2H3,(H,24,25). The molecule has 0 atom stereocenters. The minimum Gasteiger partial charge on any atom is -0.449 e. The Morgan fingerprint density at radius 1 is 1.04 bits per heavy atom. The number of anilines is 1. The smallest absolute Gasteiger partial charge is 0.228 e. The summed E-state index contributed by atoms with van der Waals surface area (Å²) in [5, 5.41) is 2.94. The molecule has 3 aromatic rings. The fourth-order valence-corrected chi connectivity index (χ4v) is 2.82. The van der Waals surface area contributed by atoms with Crippen LogP contribution in [0.2, 0.25) is 0 Å². The van der Waals surface area contributed by atoms with Gasteiger partial charge in [0.1, 0.15) is 12.0 Å². The second kappa shape index (κ2) is 8.48. The molecule has 2 aromatic carbocycles. The van der Waals surface area contributed by atoms with E-state index in [0.717, 1.165) is 28.9 Å². The maximum atomic E-state index is 12.3. The summed E-state index contributed by atoms with van der Waals surface area (Å²) in [6, 6.07) is 15.9. The Hall–Kier alpha value is -2.88. The lowest BCUT2D eigenvalue weighted by Gasteiger charge is -2.07. The molecule has 134 valence electrons. The first kappa shape index (κ1) is 17.9. The minimum atomic E-state index is -0.0173. The van der Waals surface area contributed by atoms with Crippen molar-refractivity contribution in [2.24, 2.45) is 0 Å². The van der Waals surface area contributed by atoms with Crippen molar-refractivity contribution in [3.05, 3.63) is 71.8 Å². The van der Waals surface area contributed by atoms with Crippen LogP contribution in [0.5, 0.6) is 0 Å². The van der Waals surface area contributed by atoms with Crippen molar-refractivity contribution >= 4 is 11.6 Å². The molecule has 0 fully saturated rings. The van der Waals surface area contributed by atoms with E-state index >= 15 is 0 Å². The van der Waals surface area contributed by atoms with Gasteiger partial charge >= 0.3 is 0 Å². The zero-order valence-electron chi connectivity index (χ0n) is 15.3. The highest BCUT2D eigenvalue weighted by Gasteiger charge is 2.06. The predicted molar refractivity (Wildman–Crippen MR) is 104 cm³/mol. The Labute approximate surface area is 154 Å². The molecule has 3 rings (SSSR count). The number of nitrogens with zero attached hydrogens (tertiary/aromatic N) is 1. The molecule has 0 unspecified atom stereocenters. The summed E-state index contributed by atoms with van der Waals surface area (Å²) in [5.74, 6) is 0.620. The molecule has 1 N–H and O–H groups in total. The van der Waals surface area contributed by atoms with E-state index in [-0.39, 0.29) is 5.91 Å². The number of carbonyl (C=O) groups excluding carboxylic acids is 1. The van der Waals surface area contributed by atoms with Crippen LogP contribution in [-0.4, -0.2) is 10.9 Å². The summed E-state index contributed by atoms with van der Waals surface area (Å²) in [6.45, 7) is 4.01. The first-order chi connectivity index (χ1) is 12.6. The van der Waals surface area contributed by atoms with Crippen molar-refractivity contribution < 1.29 is 9.21 Å². The summed E-state index contributed by atoms with van der Waals surface area (Å²) >= 11 is 0. The van der Waals surface area contributed by atoms with Crippen LogP contribution in [0.3, 0.4) is 0 Å². The average Bonchev–Trinajstić information content (AvgIpc) is 3.08. The lowest BCUT2D eigenvalue weighted by molar-refractivity contribution is -0.115. The summed E-state index contributed by atoms with van der Waals surface area (Å²) in [4.78, 5) is 16.6. The van der Waals surface area contributed by atoms with Crippen molar-refractivity contribution in [1.29, 1.82) is 0 Å². The highest BCUT2D eigenvalue weighted by Crippen LogP contribution is 2.21. The lowest BCUT2D eigenvalue weighted by Crippen LogP contribution is -2.14. The van der Waals surface area contributed by atoms with Gasteiger partial charge in [0, 0.05) is 18.2 Å².